The van der Waals surface area contributed by atoms with Crippen LogP contribution in [0.2, 0.25) is 0 Å². The van der Waals surface area contributed by atoms with Crippen molar-refractivity contribution < 1.29 is 9.53 Å². The van der Waals surface area contributed by atoms with Crippen molar-refractivity contribution in [1.82, 2.24) is 0 Å². The predicted molar refractivity (Wildman–Crippen MR) is 117 cm³/mol. The Morgan fingerprint density at radius 1 is 0.929 bits per heavy atom. The Hall–Kier alpha value is -0.530. The zero-order chi connectivity index (χ0) is 19.8. The van der Waals surface area contributed by atoms with Gasteiger partial charge >= 0.3 is 5.97 Å². The molecule has 162 valence electrons. The third-order valence-corrected chi connectivity index (χ3v) is 8.78. The number of carbonyl (C=O) groups excluding carboxylic acids is 1. The first-order valence-corrected chi connectivity index (χ1v) is 12.8. The zero-order valence-corrected chi connectivity index (χ0v) is 18.9. The monoisotopic (exact) mass is 390 g/mol. The van der Waals surface area contributed by atoms with E-state index >= 15 is 0 Å². The van der Waals surface area contributed by atoms with Crippen LogP contribution in [0.25, 0.3) is 0 Å². The van der Waals surface area contributed by atoms with Crippen LogP contribution in [-0.2, 0) is 9.53 Å². The SMILES string of the molecule is CCC(=O)O[C@H]1CC[C@@](CCCC(C)C2CCCCC2)(C2CCCCC2)CC1. The van der Waals surface area contributed by atoms with Gasteiger partial charge in [0.25, 0.3) is 0 Å². The lowest BCUT2D eigenvalue weighted by Crippen LogP contribution is -2.38. The summed E-state index contributed by atoms with van der Waals surface area (Å²) in [7, 11) is 0. The van der Waals surface area contributed by atoms with Crippen LogP contribution < -0.4 is 0 Å². The molecule has 3 saturated carbocycles. The largest absolute Gasteiger partial charge is 0.462 e. The maximum absolute atomic E-state index is 11.7. The molecule has 0 saturated heterocycles. The molecule has 3 fully saturated rings. The van der Waals surface area contributed by atoms with Gasteiger partial charge in [-0.25, -0.2) is 0 Å². The van der Waals surface area contributed by atoms with E-state index in [0.717, 1.165) is 30.6 Å². The van der Waals surface area contributed by atoms with Gasteiger partial charge in [0.05, 0.1) is 0 Å². The number of carbonyl (C=O) groups is 1. The highest BCUT2D eigenvalue weighted by atomic mass is 16.5. The smallest absolute Gasteiger partial charge is 0.305 e. The topological polar surface area (TPSA) is 26.3 Å². The van der Waals surface area contributed by atoms with Crippen molar-refractivity contribution in [2.24, 2.45) is 23.2 Å². The van der Waals surface area contributed by atoms with Gasteiger partial charge < -0.3 is 4.74 Å². The average molecular weight is 391 g/mol. The molecule has 3 aliphatic carbocycles. The standard InChI is InChI=1S/C26H46O2/c1-3-25(27)28-24-16-19-26(20-17-24,23-14-8-5-9-15-23)18-10-11-21(2)22-12-6-4-7-13-22/h21-24H,3-20H2,1-2H3/t21?,24-,26+. The Labute approximate surface area is 174 Å². The van der Waals surface area contributed by atoms with E-state index in [4.69, 9.17) is 4.74 Å². The fraction of sp³-hybridized carbons (Fsp3) is 0.962. The molecule has 0 bridgehead atoms. The average Bonchev–Trinajstić information content (AvgIpc) is 2.76. The lowest BCUT2D eigenvalue weighted by Gasteiger charge is -2.47. The van der Waals surface area contributed by atoms with Crippen molar-refractivity contribution in [3.05, 3.63) is 0 Å². The summed E-state index contributed by atoms with van der Waals surface area (Å²) in [5.41, 5.74) is 0.557. The fourth-order valence-corrected chi connectivity index (χ4v) is 6.85. The number of rotatable bonds is 8. The van der Waals surface area contributed by atoms with Crippen molar-refractivity contribution in [2.45, 2.75) is 136 Å². The van der Waals surface area contributed by atoms with Crippen LogP contribution in [0.3, 0.4) is 0 Å². The van der Waals surface area contributed by atoms with E-state index in [9.17, 15) is 4.79 Å². The van der Waals surface area contributed by atoms with Gasteiger partial charge in [0.1, 0.15) is 6.10 Å². The predicted octanol–water partition coefficient (Wildman–Crippen LogP) is 7.84. The molecule has 1 atom stereocenters. The summed E-state index contributed by atoms with van der Waals surface area (Å²) in [5, 5.41) is 0. The summed E-state index contributed by atoms with van der Waals surface area (Å²) in [4.78, 5) is 11.7. The van der Waals surface area contributed by atoms with Crippen LogP contribution in [0.4, 0.5) is 0 Å². The van der Waals surface area contributed by atoms with E-state index in [2.05, 4.69) is 6.92 Å². The highest BCUT2D eigenvalue weighted by Gasteiger charge is 2.42. The number of hydrogen-bond acceptors (Lipinski definition) is 2. The van der Waals surface area contributed by atoms with Gasteiger partial charge in [-0.05, 0) is 68.1 Å². The highest BCUT2D eigenvalue weighted by molar-refractivity contribution is 5.69. The summed E-state index contributed by atoms with van der Waals surface area (Å²) in [5.74, 6) is 2.86. The maximum Gasteiger partial charge on any atom is 0.305 e. The van der Waals surface area contributed by atoms with Crippen molar-refractivity contribution in [2.75, 3.05) is 0 Å². The molecule has 0 N–H and O–H groups in total. The van der Waals surface area contributed by atoms with Crippen molar-refractivity contribution in [3.63, 3.8) is 0 Å². The molecule has 0 aromatic heterocycles. The van der Waals surface area contributed by atoms with Crippen molar-refractivity contribution >= 4 is 5.97 Å². The molecule has 2 heteroatoms. The van der Waals surface area contributed by atoms with Crippen molar-refractivity contribution in [3.8, 4) is 0 Å². The minimum atomic E-state index is -0.00327. The molecular weight excluding hydrogens is 344 g/mol. The van der Waals surface area contributed by atoms with Crippen LogP contribution in [0.1, 0.15) is 129 Å². The Morgan fingerprint density at radius 3 is 2.14 bits per heavy atom. The molecule has 28 heavy (non-hydrogen) atoms. The third-order valence-electron chi connectivity index (χ3n) is 8.78. The Balaban J connectivity index is 1.53. The lowest BCUT2D eigenvalue weighted by molar-refractivity contribution is -0.152. The molecule has 0 aromatic carbocycles. The number of esters is 1. The summed E-state index contributed by atoms with van der Waals surface area (Å²) >= 11 is 0. The summed E-state index contributed by atoms with van der Waals surface area (Å²) in [6, 6.07) is 0. The van der Waals surface area contributed by atoms with Gasteiger partial charge in [0.15, 0.2) is 0 Å². The van der Waals surface area contributed by atoms with Crippen LogP contribution in [-0.4, -0.2) is 12.1 Å². The van der Waals surface area contributed by atoms with Crippen molar-refractivity contribution in [1.29, 1.82) is 0 Å². The third kappa shape index (κ3) is 5.99. The Kier molecular flexibility index (Phi) is 8.72. The van der Waals surface area contributed by atoms with Gasteiger partial charge in [-0.3, -0.25) is 4.79 Å². The fourth-order valence-electron chi connectivity index (χ4n) is 6.85. The number of hydrogen-bond donors (Lipinski definition) is 0. The first-order chi connectivity index (χ1) is 13.6. The summed E-state index contributed by atoms with van der Waals surface area (Å²) in [6.45, 7) is 4.44. The quantitative estimate of drug-likeness (QED) is 0.395. The van der Waals surface area contributed by atoms with E-state index in [-0.39, 0.29) is 12.1 Å². The molecule has 0 aromatic rings. The maximum atomic E-state index is 11.7. The van der Waals surface area contributed by atoms with Gasteiger partial charge in [0, 0.05) is 6.42 Å². The molecular formula is C26H46O2. The minimum absolute atomic E-state index is 0.00327. The van der Waals surface area contributed by atoms with Crippen LogP contribution >= 0.6 is 0 Å². The molecule has 2 nitrogen and oxygen atoms in total. The minimum Gasteiger partial charge on any atom is -0.462 e. The second kappa shape index (κ2) is 11.0. The van der Waals surface area contributed by atoms with Gasteiger partial charge in [-0.2, -0.15) is 0 Å². The lowest BCUT2D eigenvalue weighted by atomic mass is 9.59. The van der Waals surface area contributed by atoms with Gasteiger partial charge in [-0.1, -0.05) is 78.1 Å². The number of ether oxygens (including phenoxy) is 1. The van der Waals surface area contributed by atoms with Gasteiger partial charge in [0.2, 0.25) is 0 Å². The van der Waals surface area contributed by atoms with Crippen LogP contribution in [0.15, 0.2) is 0 Å². The van der Waals surface area contributed by atoms with E-state index < -0.39 is 0 Å². The van der Waals surface area contributed by atoms with E-state index in [1.165, 1.54) is 96.3 Å². The van der Waals surface area contributed by atoms with Gasteiger partial charge in [-0.15, -0.1) is 0 Å². The Morgan fingerprint density at radius 2 is 1.54 bits per heavy atom. The molecule has 0 spiro atoms. The summed E-state index contributed by atoms with van der Waals surface area (Å²) in [6.07, 6.45) is 24.5. The Bertz CT molecular complexity index is 451. The first-order valence-electron chi connectivity index (χ1n) is 12.8. The van der Waals surface area contributed by atoms with E-state index in [1.54, 1.807) is 0 Å². The molecule has 3 rings (SSSR count). The molecule has 0 heterocycles. The highest BCUT2D eigenvalue weighted by Crippen LogP contribution is 2.52. The van der Waals surface area contributed by atoms with Crippen LogP contribution in [0.5, 0.6) is 0 Å². The summed E-state index contributed by atoms with van der Waals surface area (Å²) < 4.78 is 5.70. The van der Waals surface area contributed by atoms with Crippen LogP contribution in [0, 0.1) is 23.2 Å². The second-order valence-electron chi connectivity index (χ2n) is 10.5. The molecule has 0 radical (unpaired) electrons. The molecule has 1 unspecified atom stereocenters. The molecule has 3 aliphatic rings. The van der Waals surface area contributed by atoms with E-state index in [1.807, 2.05) is 6.92 Å². The normalized spacial score (nSPS) is 31.4. The zero-order valence-electron chi connectivity index (χ0n) is 18.9. The molecule has 0 aliphatic heterocycles. The first kappa shape index (κ1) is 22.2. The van der Waals surface area contributed by atoms with E-state index in [0.29, 0.717) is 11.8 Å². The molecule has 0 amide bonds. The second-order valence-corrected chi connectivity index (χ2v) is 10.5.